The molecule has 4 aromatic heterocycles. The molecule has 226 valence electrons. The Morgan fingerprint density at radius 1 is 1.16 bits per heavy atom. The largest absolute Gasteiger partial charge is 0.351 e. The van der Waals surface area contributed by atoms with Crippen LogP contribution in [-0.4, -0.2) is 66.0 Å². The first-order valence-corrected chi connectivity index (χ1v) is 14.4. The summed E-state index contributed by atoms with van der Waals surface area (Å²) in [4.78, 5) is 50.5. The van der Waals surface area contributed by atoms with Crippen LogP contribution >= 0.6 is 0 Å². The molecule has 0 radical (unpaired) electrons. The summed E-state index contributed by atoms with van der Waals surface area (Å²) >= 11 is 0. The number of aryl methyl sites for hydroxylation is 1. The average Bonchev–Trinajstić information content (AvgIpc) is 3.47. The van der Waals surface area contributed by atoms with Crippen LogP contribution in [0, 0.1) is 18.6 Å². The van der Waals surface area contributed by atoms with Crippen molar-refractivity contribution in [3.05, 3.63) is 88.4 Å². The first-order chi connectivity index (χ1) is 21.1. The summed E-state index contributed by atoms with van der Waals surface area (Å²) in [5.41, 5.74) is 2.51. The van der Waals surface area contributed by atoms with Crippen molar-refractivity contribution in [2.75, 3.05) is 24.5 Å². The Labute approximate surface area is 252 Å². The van der Waals surface area contributed by atoms with E-state index in [-0.39, 0.29) is 52.7 Å². The fourth-order valence-corrected chi connectivity index (χ4v) is 5.97. The fourth-order valence-electron chi connectivity index (χ4n) is 5.97. The zero-order chi connectivity index (χ0) is 31.3. The van der Waals surface area contributed by atoms with E-state index in [1.54, 1.807) is 11.1 Å². The Morgan fingerprint density at radius 2 is 1.95 bits per heavy atom. The highest BCUT2D eigenvalue weighted by molar-refractivity contribution is 5.95. The number of hydrogen-bond acceptors (Lipinski definition) is 7. The Kier molecular flexibility index (Phi) is 7.44. The van der Waals surface area contributed by atoms with Crippen molar-refractivity contribution in [2.24, 2.45) is 0 Å². The molecule has 0 aliphatic carbocycles. The van der Waals surface area contributed by atoms with Crippen molar-refractivity contribution in [3.8, 4) is 11.3 Å². The molecule has 1 atom stereocenters. The second kappa shape index (κ2) is 11.3. The molecule has 1 aromatic carbocycles. The van der Waals surface area contributed by atoms with Gasteiger partial charge in [0.2, 0.25) is 5.91 Å². The number of benzene rings is 1. The van der Waals surface area contributed by atoms with Gasteiger partial charge in [-0.05, 0) is 61.2 Å². The summed E-state index contributed by atoms with van der Waals surface area (Å²) in [5, 5.41) is 0.295. The number of aromatic amines is 1. The molecule has 1 saturated heterocycles. The molecular weight excluding hydrogens is 566 g/mol. The Balaban J connectivity index is 1.60. The molecule has 0 unspecified atom stereocenters. The molecule has 5 heterocycles. The van der Waals surface area contributed by atoms with Crippen LogP contribution in [-0.2, 0) is 11.3 Å². The monoisotopic (exact) mass is 598 g/mol. The number of rotatable bonds is 6. The SMILES string of the molecule is C=CC(=O)N1CCN(c2nc(=O)n(Cc3c(C)ccnc3C(C)C)c3nc(-c4c(F)ccc5[nH]cnc45)c(F)cc23)[C@@H](C)C1. The van der Waals surface area contributed by atoms with Crippen molar-refractivity contribution < 1.29 is 13.6 Å². The lowest BCUT2D eigenvalue weighted by atomic mass is 9.99. The van der Waals surface area contributed by atoms with Crippen molar-refractivity contribution >= 4 is 33.8 Å². The van der Waals surface area contributed by atoms with E-state index < -0.39 is 17.3 Å². The number of piperazine rings is 1. The van der Waals surface area contributed by atoms with Crippen molar-refractivity contribution in [3.63, 3.8) is 0 Å². The number of aromatic nitrogens is 6. The second-order valence-corrected chi connectivity index (χ2v) is 11.4. The minimum Gasteiger partial charge on any atom is -0.350 e. The van der Waals surface area contributed by atoms with E-state index in [9.17, 15) is 9.59 Å². The molecule has 0 bridgehead atoms. The van der Waals surface area contributed by atoms with Gasteiger partial charge in [-0.1, -0.05) is 20.4 Å². The molecule has 10 nitrogen and oxygen atoms in total. The lowest BCUT2D eigenvalue weighted by molar-refractivity contribution is -0.126. The van der Waals surface area contributed by atoms with E-state index in [4.69, 9.17) is 0 Å². The van der Waals surface area contributed by atoms with Gasteiger partial charge in [-0.25, -0.2) is 23.5 Å². The van der Waals surface area contributed by atoms with Gasteiger partial charge in [0.1, 0.15) is 28.5 Å². The number of fused-ring (bicyclic) bond motifs is 2. The number of nitrogens with one attached hydrogen (secondary N) is 1. The summed E-state index contributed by atoms with van der Waals surface area (Å²) in [6.45, 7) is 12.6. The lowest BCUT2D eigenvalue weighted by Gasteiger charge is -2.40. The smallest absolute Gasteiger partial charge is 0.350 e. The van der Waals surface area contributed by atoms with Gasteiger partial charge in [-0.2, -0.15) is 4.98 Å². The number of carbonyl (C=O) groups is 1. The summed E-state index contributed by atoms with van der Waals surface area (Å²) < 4.78 is 32.8. The highest BCUT2D eigenvalue weighted by atomic mass is 19.1. The van der Waals surface area contributed by atoms with Gasteiger partial charge >= 0.3 is 5.69 Å². The van der Waals surface area contributed by atoms with E-state index in [1.165, 1.54) is 35.2 Å². The molecule has 1 amide bonds. The van der Waals surface area contributed by atoms with E-state index in [2.05, 4.69) is 31.5 Å². The van der Waals surface area contributed by atoms with Gasteiger partial charge in [0.25, 0.3) is 0 Å². The number of carbonyl (C=O) groups excluding carboxylic acids is 1. The number of halogens is 2. The van der Waals surface area contributed by atoms with E-state index in [0.717, 1.165) is 16.8 Å². The second-order valence-electron chi connectivity index (χ2n) is 11.4. The Bertz CT molecular complexity index is 2000. The third-order valence-electron chi connectivity index (χ3n) is 8.23. The number of amides is 1. The number of H-pyrrole nitrogens is 1. The standard InChI is InChI=1S/C32H32F2N8O2/c1-6-25(43)40-11-12-41(19(5)14-40)31-20-13-23(34)28(26-22(33)7-8-24-29(26)37-16-36-24)38-30(20)42(32(44)39-31)15-21-18(4)9-10-35-27(21)17(2)3/h6-10,13,16-17,19H,1,11-12,14-15H2,2-5H3,(H,36,37)/t19-/m0/s1. The quantitative estimate of drug-likeness (QED) is 0.282. The van der Waals surface area contributed by atoms with Crippen LogP contribution in [0.3, 0.4) is 0 Å². The van der Waals surface area contributed by atoms with Crippen LogP contribution in [0.5, 0.6) is 0 Å². The fraction of sp³-hybridized carbons (Fsp3) is 0.312. The van der Waals surface area contributed by atoms with Crippen LogP contribution in [0.15, 0.2) is 54.2 Å². The van der Waals surface area contributed by atoms with Gasteiger partial charge < -0.3 is 14.8 Å². The molecule has 0 saturated carbocycles. The minimum atomic E-state index is -0.784. The maximum absolute atomic E-state index is 16.1. The van der Waals surface area contributed by atoms with Crippen LogP contribution in [0.4, 0.5) is 14.6 Å². The lowest BCUT2D eigenvalue weighted by Crippen LogP contribution is -2.54. The zero-order valence-electron chi connectivity index (χ0n) is 24.9. The van der Waals surface area contributed by atoms with E-state index >= 15 is 8.78 Å². The molecule has 5 aromatic rings. The maximum atomic E-state index is 16.1. The van der Waals surface area contributed by atoms with E-state index in [0.29, 0.717) is 30.5 Å². The molecule has 1 N–H and O–H groups in total. The molecule has 1 fully saturated rings. The molecule has 12 heteroatoms. The van der Waals surface area contributed by atoms with Crippen LogP contribution in [0.1, 0.15) is 43.5 Å². The molecule has 6 rings (SSSR count). The van der Waals surface area contributed by atoms with Crippen molar-refractivity contribution in [1.29, 1.82) is 0 Å². The number of hydrogen-bond donors (Lipinski definition) is 1. The molecule has 1 aliphatic rings. The Morgan fingerprint density at radius 3 is 2.68 bits per heavy atom. The minimum absolute atomic E-state index is 0.0712. The Hall–Kier alpha value is -5.00. The van der Waals surface area contributed by atoms with Gasteiger partial charge in [-0.3, -0.25) is 14.3 Å². The third-order valence-corrected chi connectivity index (χ3v) is 8.23. The van der Waals surface area contributed by atoms with Crippen molar-refractivity contribution in [1.82, 2.24) is 34.4 Å². The van der Waals surface area contributed by atoms with Crippen LogP contribution < -0.4 is 10.6 Å². The number of pyridine rings is 2. The van der Waals surface area contributed by atoms with Gasteiger partial charge in [-0.15, -0.1) is 0 Å². The van der Waals surface area contributed by atoms with Gasteiger partial charge in [0.15, 0.2) is 5.82 Å². The highest BCUT2D eigenvalue weighted by Crippen LogP contribution is 2.34. The zero-order valence-corrected chi connectivity index (χ0v) is 24.9. The summed E-state index contributed by atoms with van der Waals surface area (Å²) in [5.74, 6) is -1.34. The first-order valence-electron chi connectivity index (χ1n) is 14.4. The predicted octanol–water partition coefficient (Wildman–Crippen LogP) is 4.71. The van der Waals surface area contributed by atoms with Gasteiger partial charge in [0.05, 0.1) is 29.3 Å². The number of nitrogens with zero attached hydrogens (tertiary/aromatic N) is 7. The molecule has 0 spiro atoms. The predicted molar refractivity (Wildman–Crippen MR) is 165 cm³/mol. The number of imidazole rings is 1. The van der Waals surface area contributed by atoms with Crippen LogP contribution in [0.25, 0.3) is 33.3 Å². The van der Waals surface area contributed by atoms with Gasteiger partial charge in [0, 0.05) is 37.6 Å². The highest BCUT2D eigenvalue weighted by Gasteiger charge is 2.30. The third kappa shape index (κ3) is 4.89. The first kappa shape index (κ1) is 29.1. The molecule has 1 aliphatic heterocycles. The summed E-state index contributed by atoms with van der Waals surface area (Å²) in [6.07, 6.45) is 4.40. The van der Waals surface area contributed by atoms with E-state index in [1.807, 2.05) is 38.7 Å². The molecule has 44 heavy (non-hydrogen) atoms. The average molecular weight is 599 g/mol. The normalized spacial score (nSPS) is 15.5. The topological polar surface area (TPSA) is 113 Å². The van der Waals surface area contributed by atoms with Crippen molar-refractivity contribution in [2.45, 2.75) is 46.2 Å². The number of anilines is 1. The maximum Gasteiger partial charge on any atom is 0.351 e. The summed E-state index contributed by atoms with van der Waals surface area (Å²) in [6, 6.07) is 5.63. The van der Waals surface area contributed by atoms with Crippen LogP contribution in [0.2, 0.25) is 0 Å². The summed E-state index contributed by atoms with van der Waals surface area (Å²) in [7, 11) is 0. The molecular formula is C32H32F2N8O2.